The number of nitrogens with zero attached hydrogens (tertiary/aromatic N) is 2. The van der Waals surface area contributed by atoms with Crippen molar-refractivity contribution in [3.63, 3.8) is 0 Å². The van der Waals surface area contributed by atoms with Crippen molar-refractivity contribution < 1.29 is 28.2 Å². The molecule has 0 saturated carbocycles. The lowest BCUT2D eigenvalue weighted by molar-refractivity contribution is -0.143. The van der Waals surface area contributed by atoms with Gasteiger partial charge in [-0.05, 0) is 48.0 Å². The highest BCUT2D eigenvalue weighted by Crippen LogP contribution is 2.32. The third kappa shape index (κ3) is 5.71. The number of amides is 1. The number of carbonyl (C=O) groups is 2. The fourth-order valence-electron chi connectivity index (χ4n) is 4.30. The maximum Gasteiger partial charge on any atom is 0.345 e. The van der Waals surface area contributed by atoms with E-state index in [9.17, 15) is 14.4 Å². The molecule has 204 valence electrons. The minimum atomic E-state index is -0.729. The molecular formula is C31H23N3O7. The Kier molecular flexibility index (Phi) is 7.02. The SMILES string of the molecule is O=C(COC(=O)/C=C/c1cn(-c2ccccc2)nc1-c1cc2ccccc2oc1=O)NCc1ccc2c(c1)OCO2. The minimum Gasteiger partial charge on any atom is -0.454 e. The second-order valence-electron chi connectivity index (χ2n) is 9.10. The molecule has 1 amide bonds. The molecule has 0 radical (unpaired) electrons. The van der Waals surface area contributed by atoms with Gasteiger partial charge in [0.05, 0.1) is 11.3 Å². The van der Waals surface area contributed by atoms with Gasteiger partial charge in [0.15, 0.2) is 18.1 Å². The second-order valence-corrected chi connectivity index (χ2v) is 9.10. The average molecular weight is 550 g/mol. The smallest absolute Gasteiger partial charge is 0.345 e. The normalized spacial score (nSPS) is 12.1. The molecule has 1 aliphatic heterocycles. The van der Waals surface area contributed by atoms with Crippen molar-refractivity contribution in [1.82, 2.24) is 15.1 Å². The van der Waals surface area contributed by atoms with Gasteiger partial charge in [0.25, 0.3) is 5.91 Å². The van der Waals surface area contributed by atoms with Crippen molar-refractivity contribution in [2.24, 2.45) is 0 Å². The van der Waals surface area contributed by atoms with Gasteiger partial charge in [-0.3, -0.25) is 4.79 Å². The number of nitrogens with one attached hydrogen (secondary N) is 1. The predicted octanol–water partition coefficient (Wildman–Crippen LogP) is 4.25. The molecule has 1 N–H and O–H groups in total. The van der Waals surface area contributed by atoms with E-state index in [1.165, 1.54) is 12.2 Å². The van der Waals surface area contributed by atoms with Crippen LogP contribution in [0.2, 0.25) is 0 Å². The van der Waals surface area contributed by atoms with E-state index in [1.807, 2.05) is 48.5 Å². The first-order valence-electron chi connectivity index (χ1n) is 12.7. The molecule has 1 aliphatic rings. The maximum absolute atomic E-state index is 12.9. The largest absolute Gasteiger partial charge is 0.454 e. The number of para-hydroxylation sites is 2. The van der Waals surface area contributed by atoms with Crippen LogP contribution in [0.5, 0.6) is 11.5 Å². The number of benzene rings is 3. The van der Waals surface area contributed by atoms with Gasteiger partial charge in [-0.15, -0.1) is 0 Å². The van der Waals surface area contributed by atoms with Crippen LogP contribution in [0.25, 0.3) is 34.0 Å². The van der Waals surface area contributed by atoms with Crippen LogP contribution in [-0.4, -0.2) is 35.1 Å². The number of rotatable bonds is 8. The van der Waals surface area contributed by atoms with Crippen LogP contribution in [0.1, 0.15) is 11.1 Å². The third-order valence-electron chi connectivity index (χ3n) is 6.33. The summed E-state index contributed by atoms with van der Waals surface area (Å²) in [6.07, 6.45) is 4.37. The highest BCUT2D eigenvalue weighted by atomic mass is 16.7. The number of ether oxygens (including phenoxy) is 3. The molecule has 3 heterocycles. The Hall–Kier alpha value is -5.64. The molecule has 2 aromatic heterocycles. The summed E-state index contributed by atoms with van der Waals surface area (Å²) in [4.78, 5) is 37.6. The van der Waals surface area contributed by atoms with Crippen LogP contribution < -0.4 is 20.4 Å². The van der Waals surface area contributed by atoms with Crippen molar-refractivity contribution in [3.05, 3.63) is 113 Å². The molecule has 3 aromatic carbocycles. The van der Waals surface area contributed by atoms with Gasteiger partial charge in [-0.1, -0.05) is 42.5 Å². The van der Waals surface area contributed by atoms with Crippen molar-refractivity contribution >= 4 is 28.9 Å². The zero-order chi connectivity index (χ0) is 28.2. The first kappa shape index (κ1) is 25.6. The highest BCUT2D eigenvalue weighted by molar-refractivity contribution is 5.91. The molecule has 10 nitrogen and oxygen atoms in total. The van der Waals surface area contributed by atoms with Crippen LogP contribution in [-0.2, 0) is 20.9 Å². The van der Waals surface area contributed by atoms with E-state index in [1.54, 1.807) is 41.2 Å². The Morgan fingerprint density at radius 2 is 1.78 bits per heavy atom. The van der Waals surface area contributed by atoms with Gasteiger partial charge < -0.3 is 23.9 Å². The Balaban J connectivity index is 1.16. The summed E-state index contributed by atoms with van der Waals surface area (Å²) in [5, 5.41) is 8.05. The van der Waals surface area contributed by atoms with Crippen LogP contribution in [0.15, 0.2) is 100 Å². The summed E-state index contributed by atoms with van der Waals surface area (Å²) in [5.74, 6) is 0.0763. The minimum absolute atomic E-state index is 0.165. The summed E-state index contributed by atoms with van der Waals surface area (Å²) < 4.78 is 22.8. The van der Waals surface area contributed by atoms with E-state index in [-0.39, 0.29) is 18.9 Å². The Labute approximate surface area is 233 Å². The predicted molar refractivity (Wildman–Crippen MR) is 149 cm³/mol. The fourth-order valence-corrected chi connectivity index (χ4v) is 4.30. The van der Waals surface area contributed by atoms with Crippen molar-refractivity contribution in [2.45, 2.75) is 6.54 Å². The van der Waals surface area contributed by atoms with E-state index >= 15 is 0 Å². The van der Waals surface area contributed by atoms with Crippen molar-refractivity contribution in [1.29, 1.82) is 0 Å². The van der Waals surface area contributed by atoms with E-state index in [0.29, 0.717) is 28.3 Å². The van der Waals surface area contributed by atoms with E-state index in [2.05, 4.69) is 10.4 Å². The first-order chi connectivity index (χ1) is 20.0. The third-order valence-corrected chi connectivity index (χ3v) is 6.33. The first-order valence-corrected chi connectivity index (χ1v) is 12.7. The summed E-state index contributed by atoms with van der Waals surface area (Å²) in [5.41, 5.74) is 2.55. The molecule has 5 aromatic rings. The number of fused-ring (bicyclic) bond motifs is 2. The number of carbonyl (C=O) groups excluding carboxylic acids is 2. The van der Waals surface area contributed by atoms with Gasteiger partial charge in [0.2, 0.25) is 6.79 Å². The number of esters is 1. The van der Waals surface area contributed by atoms with Crippen LogP contribution in [0.4, 0.5) is 0 Å². The fraction of sp³-hybridized carbons (Fsp3) is 0.0968. The van der Waals surface area contributed by atoms with Crippen LogP contribution in [0, 0.1) is 0 Å². The van der Waals surface area contributed by atoms with Gasteiger partial charge in [0, 0.05) is 29.8 Å². The van der Waals surface area contributed by atoms with E-state index in [0.717, 1.165) is 16.6 Å². The molecule has 0 atom stereocenters. The van der Waals surface area contributed by atoms with Gasteiger partial charge in [-0.2, -0.15) is 5.10 Å². The molecule has 0 bridgehead atoms. The Morgan fingerprint density at radius 1 is 0.976 bits per heavy atom. The summed E-state index contributed by atoms with van der Waals surface area (Å²) in [6, 6.07) is 23.6. The molecule has 0 saturated heterocycles. The molecule has 0 fully saturated rings. The van der Waals surface area contributed by atoms with Gasteiger partial charge in [-0.25, -0.2) is 14.3 Å². The molecule has 6 rings (SSSR count). The lowest BCUT2D eigenvalue weighted by Crippen LogP contribution is -2.28. The molecule has 0 spiro atoms. The standard InChI is InChI=1S/C31H23N3O7/c35-28(32-16-20-10-12-26-27(14-20)40-19-39-26)18-38-29(36)13-11-22-17-34(23-7-2-1-3-8-23)33-30(22)24-15-21-6-4-5-9-25(21)41-31(24)37/h1-15,17H,16,18-19H2,(H,32,35)/b13-11+. The quantitative estimate of drug-likeness (QED) is 0.173. The lowest BCUT2D eigenvalue weighted by atomic mass is 10.1. The molecule has 0 unspecified atom stereocenters. The van der Waals surface area contributed by atoms with Crippen molar-refractivity contribution in [3.8, 4) is 28.4 Å². The summed E-state index contributed by atoms with van der Waals surface area (Å²) in [7, 11) is 0. The zero-order valence-corrected chi connectivity index (χ0v) is 21.6. The number of aromatic nitrogens is 2. The van der Waals surface area contributed by atoms with Gasteiger partial charge >= 0.3 is 11.6 Å². The second kappa shape index (κ2) is 11.2. The lowest BCUT2D eigenvalue weighted by Gasteiger charge is -2.06. The number of hydrogen-bond acceptors (Lipinski definition) is 8. The zero-order valence-electron chi connectivity index (χ0n) is 21.6. The maximum atomic E-state index is 12.9. The molecule has 41 heavy (non-hydrogen) atoms. The number of hydrogen-bond donors (Lipinski definition) is 1. The van der Waals surface area contributed by atoms with Crippen LogP contribution >= 0.6 is 0 Å². The van der Waals surface area contributed by atoms with E-state index < -0.39 is 24.1 Å². The molecule has 10 heteroatoms. The average Bonchev–Trinajstić information content (AvgIpc) is 3.65. The van der Waals surface area contributed by atoms with E-state index in [4.69, 9.17) is 18.6 Å². The Bertz CT molecular complexity index is 1840. The molecule has 0 aliphatic carbocycles. The van der Waals surface area contributed by atoms with Gasteiger partial charge in [0.1, 0.15) is 11.3 Å². The van der Waals surface area contributed by atoms with Crippen LogP contribution in [0.3, 0.4) is 0 Å². The molecular weight excluding hydrogens is 526 g/mol. The summed E-state index contributed by atoms with van der Waals surface area (Å²) in [6.45, 7) is -0.0594. The summed E-state index contributed by atoms with van der Waals surface area (Å²) >= 11 is 0. The highest BCUT2D eigenvalue weighted by Gasteiger charge is 2.17. The van der Waals surface area contributed by atoms with Crippen molar-refractivity contribution in [2.75, 3.05) is 13.4 Å². The topological polar surface area (TPSA) is 122 Å². The monoisotopic (exact) mass is 549 g/mol. The Morgan fingerprint density at radius 3 is 2.66 bits per heavy atom.